The zero-order chi connectivity index (χ0) is 21.6. The summed E-state index contributed by atoms with van der Waals surface area (Å²) in [6, 6.07) is 12.4. The average Bonchev–Trinajstić information content (AvgIpc) is 3.15. The number of amides is 1. The van der Waals surface area contributed by atoms with Gasteiger partial charge >= 0.3 is 0 Å². The summed E-state index contributed by atoms with van der Waals surface area (Å²) < 4.78 is 40.6. The maximum atomic E-state index is 13.1. The number of carbonyl (C=O) groups is 1. The van der Waals surface area contributed by atoms with E-state index in [2.05, 4.69) is 0 Å². The number of hydrogen-bond acceptors (Lipinski definition) is 5. The number of para-hydroxylation sites is 1. The van der Waals surface area contributed by atoms with Crippen LogP contribution < -0.4 is 9.47 Å². The first-order chi connectivity index (χ1) is 14.9. The first kappa shape index (κ1) is 19.9. The molecule has 1 aromatic heterocycles. The summed E-state index contributed by atoms with van der Waals surface area (Å²) in [4.78, 5) is 15.0. The van der Waals surface area contributed by atoms with E-state index in [1.54, 1.807) is 11.0 Å². The zero-order valence-corrected chi connectivity index (χ0v) is 18.0. The molecule has 0 unspecified atom stereocenters. The second-order valence-electron chi connectivity index (χ2n) is 7.67. The second kappa shape index (κ2) is 7.58. The Hall–Kier alpha value is -3.04. The van der Waals surface area contributed by atoms with Gasteiger partial charge in [-0.05, 0) is 18.2 Å². The Labute approximate surface area is 180 Å². The number of aryl methyl sites for hydroxylation is 1. The predicted molar refractivity (Wildman–Crippen MR) is 115 cm³/mol. The van der Waals surface area contributed by atoms with Crippen LogP contribution in [0.4, 0.5) is 0 Å². The molecular formula is C22H23N3O5S. The predicted octanol–water partition coefficient (Wildman–Crippen LogP) is 2.10. The number of nitrogens with zero attached hydrogens (tertiary/aromatic N) is 3. The molecule has 0 bridgehead atoms. The number of aromatic nitrogens is 1. The molecule has 3 heterocycles. The van der Waals surface area contributed by atoms with Gasteiger partial charge in [-0.1, -0.05) is 18.2 Å². The van der Waals surface area contributed by atoms with E-state index in [1.165, 1.54) is 16.4 Å². The molecule has 0 N–H and O–H groups in total. The number of rotatable bonds is 3. The molecule has 162 valence electrons. The lowest BCUT2D eigenvalue weighted by molar-refractivity contribution is 0.0699. The fraction of sp³-hybridized carbons (Fsp3) is 0.318. The molecule has 2 aromatic carbocycles. The van der Waals surface area contributed by atoms with E-state index in [1.807, 2.05) is 42.1 Å². The van der Waals surface area contributed by atoms with Gasteiger partial charge in [-0.3, -0.25) is 4.79 Å². The van der Waals surface area contributed by atoms with Crippen LogP contribution in [0.1, 0.15) is 10.4 Å². The smallest absolute Gasteiger partial charge is 0.256 e. The van der Waals surface area contributed by atoms with Crippen LogP contribution in [0.15, 0.2) is 53.6 Å². The number of carbonyl (C=O) groups excluding carboxylic acids is 1. The topological polar surface area (TPSA) is 81.1 Å². The van der Waals surface area contributed by atoms with Crippen molar-refractivity contribution >= 4 is 26.8 Å². The molecular weight excluding hydrogens is 418 g/mol. The maximum Gasteiger partial charge on any atom is 0.256 e. The molecule has 3 aromatic rings. The van der Waals surface area contributed by atoms with Crippen LogP contribution in [0.25, 0.3) is 10.9 Å². The minimum Gasteiger partial charge on any atom is -0.486 e. The Morgan fingerprint density at radius 3 is 2.42 bits per heavy atom. The first-order valence-electron chi connectivity index (χ1n) is 10.2. The fourth-order valence-electron chi connectivity index (χ4n) is 4.15. The fourth-order valence-corrected chi connectivity index (χ4v) is 5.59. The molecule has 5 rings (SSSR count). The standard InChI is InChI=1S/C22H23N3O5S/c1-23-15-18(17-4-2-3-5-19(17)23)22(26)24-8-10-25(11-9-24)31(27,28)16-6-7-20-21(14-16)30-13-12-29-20/h2-7,14-15H,8-13H2,1H3. The summed E-state index contributed by atoms with van der Waals surface area (Å²) in [7, 11) is -1.77. The van der Waals surface area contributed by atoms with Gasteiger partial charge in [0.05, 0.1) is 10.5 Å². The Morgan fingerprint density at radius 2 is 1.65 bits per heavy atom. The van der Waals surface area contributed by atoms with Gasteiger partial charge in [0.1, 0.15) is 13.2 Å². The van der Waals surface area contributed by atoms with Gasteiger partial charge in [-0.25, -0.2) is 8.42 Å². The van der Waals surface area contributed by atoms with Gasteiger partial charge in [-0.15, -0.1) is 0 Å². The normalized spacial score (nSPS) is 17.1. The van der Waals surface area contributed by atoms with Gasteiger partial charge < -0.3 is 18.9 Å². The highest BCUT2D eigenvalue weighted by Gasteiger charge is 2.32. The molecule has 1 fully saturated rings. The van der Waals surface area contributed by atoms with E-state index in [4.69, 9.17) is 9.47 Å². The minimum atomic E-state index is -3.68. The highest BCUT2D eigenvalue weighted by molar-refractivity contribution is 7.89. The first-order valence-corrected chi connectivity index (χ1v) is 11.6. The summed E-state index contributed by atoms with van der Waals surface area (Å²) in [6.45, 7) is 2.01. The number of hydrogen-bond donors (Lipinski definition) is 0. The molecule has 0 aliphatic carbocycles. The van der Waals surface area contributed by atoms with Crippen LogP contribution in [0, 0.1) is 0 Å². The summed E-state index contributed by atoms with van der Waals surface area (Å²) >= 11 is 0. The van der Waals surface area contributed by atoms with Crippen molar-refractivity contribution in [3.05, 3.63) is 54.2 Å². The Balaban J connectivity index is 1.32. The van der Waals surface area contributed by atoms with Crippen LogP contribution in [0.2, 0.25) is 0 Å². The van der Waals surface area contributed by atoms with E-state index in [0.29, 0.717) is 43.4 Å². The molecule has 9 heteroatoms. The molecule has 8 nitrogen and oxygen atoms in total. The zero-order valence-electron chi connectivity index (χ0n) is 17.2. The Kier molecular flexibility index (Phi) is 4.86. The Bertz CT molecular complexity index is 1260. The van der Waals surface area contributed by atoms with Crippen molar-refractivity contribution in [3.8, 4) is 11.5 Å². The summed E-state index contributed by atoms with van der Waals surface area (Å²) in [5, 5.41) is 0.904. The van der Waals surface area contributed by atoms with Crippen LogP contribution in [-0.2, 0) is 17.1 Å². The molecule has 1 saturated heterocycles. The minimum absolute atomic E-state index is 0.0758. The molecule has 0 spiro atoms. The quantitative estimate of drug-likeness (QED) is 0.622. The largest absolute Gasteiger partial charge is 0.486 e. The van der Waals surface area contributed by atoms with Crippen molar-refractivity contribution in [3.63, 3.8) is 0 Å². The van der Waals surface area contributed by atoms with Gasteiger partial charge in [0.2, 0.25) is 10.0 Å². The van der Waals surface area contributed by atoms with Gasteiger partial charge in [-0.2, -0.15) is 4.31 Å². The second-order valence-corrected chi connectivity index (χ2v) is 9.61. The third-order valence-corrected chi connectivity index (χ3v) is 7.70. The number of piperazine rings is 1. The molecule has 31 heavy (non-hydrogen) atoms. The maximum absolute atomic E-state index is 13.1. The van der Waals surface area contributed by atoms with Crippen LogP contribution >= 0.6 is 0 Å². The molecule has 0 atom stereocenters. The summed E-state index contributed by atoms with van der Waals surface area (Å²) in [6.07, 6.45) is 1.84. The highest BCUT2D eigenvalue weighted by atomic mass is 32.2. The monoisotopic (exact) mass is 441 g/mol. The summed E-state index contributed by atoms with van der Waals surface area (Å²) in [5.74, 6) is 0.918. The van der Waals surface area contributed by atoms with Gasteiger partial charge in [0.15, 0.2) is 11.5 Å². The lowest BCUT2D eigenvalue weighted by atomic mass is 10.1. The third-order valence-electron chi connectivity index (χ3n) is 5.80. The van der Waals surface area contributed by atoms with E-state index < -0.39 is 10.0 Å². The number of sulfonamides is 1. The Morgan fingerprint density at radius 1 is 0.935 bits per heavy atom. The van der Waals surface area contributed by atoms with E-state index in [9.17, 15) is 13.2 Å². The van der Waals surface area contributed by atoms with Gasteiger partial charge in [0, 0.05) is 56.4 Å². The highest BCUT2D eigenvalue weighted by Crippen LogP contribution is 2.33. The number of fused-ring (bicyclic) bond motifs is 2. The number of benzene rings is 2. The lowest BCUT2D eigenvalue weighted by Gasteiger charge is -2.34. The van der Waals surface area contributed by atoms with E-state index in [0.717, 1.165) is 10.9 Å². The molecule has 0 saturated carbocycles. The van der Waals surface area contributed by atoms with Crippen molar-refractivity contribution in [1.82, 2.24) is 13.8 Å². The van der Waals surface area contributed by atoms with Crippen molar-refractivity contribution < 1.29 is 22.7 Å². The SMILES string of the molecule is Cn1cc(C(=O)N2CCN(S(=O)(=O)c3ccc4c(c3)OCCO4)CC2)c2ccccc21. The van der Waals surface area contributed by atoms with Crippen LogP contribution in [0.5, 0.6) is 11.5 Å². The van der Waals surface area contributed by atoms with Crippen LogP contribution in [0.3, 0.4) is 0 Å². The number of ether oxygens (including phenoxy) is 2. The van der Waals surface area contributed by atoms with Crippen molar-refractivity contribution in [2.45, 2.75) is 4.90 Å². The van der Waals surface area contributed by atoms with E-state index in [-0.39, 0.29) is 23.9 Å². The third kappa shape index (κ3) is 3.43. The average molecular weight is 442 g/mol. The molecule has 1 amide bonds. The van der Waals surface area contributed by atoms with Crippen molar-refractivity contribution in [2.75, 3.05) is 39.4 Å². The van der Waals surface area contributed by atoms with E-state index >= 15 is 0 Å². The van der Waals surface area contributed by atoms with Gasteiger partial charge in [0.25, 0.3) is 5.91 Å². The molecule has 2 aliphatic heterocycles. The van der Waals surface area contributed by atoms with Crippen molar-refractivity contribution in [2.24, 2.45) is 7.05 Å². The molecule has 0 radical (unpaired) electrons. The summed E-state index contributed by atoms with van der Waals surface area (Å²) in [5.41, 5.74) is 1.63. The molecule has 2 aliphatic rings. The lowest BCUT2D eigenvalue weighted by Crippen LogP contribution is -2.50. The van der Waals surface area contributed by atoms with Crippen LogP contribution in [-0.4, -0.2) is 67.5 Å². The van der Waals surface area contributed by atoms with Crippen molar-refractivity contribution in [1.29, 1.82) is 0 Å².